The predicted octanol–water partition coefficient (Wildman–Crippen LogP) is 1.06. The third kappa shape index (κ3) is 3.40. The van der Waals surface area contributed by atoms with Crippen molar-refractivity contribution < 1.29 is 9.21 Å². The summed E-state index contributed by atoms with van der Waals surface area (Å²) in [7, 11) is 0. The lowest BCUT2D eigenvalue weighted by Crippen LogP contribution is -2.54. The molecule has 1 amide bonds. The van der Waals surface area contributed by atoms with Crippen molar-refractivity contribution in [2.45, 2.75) is 38.8 Å². The molecule has 0 aliphatic heterocycles. The van der Waals surface area contributed by atoms with Crippen molar-refractivity contribution in [1.29, 1.82) is 0 Å². The number of hydrogen-bond acceptors (Lipinski definition) is 3. The maximum absolute atomic E-state index is 11.1. The van der Waals surface area contributed by atoms with Crippen LogP contribution in [-0.4, -0.2) is 17.5 Å². The van der Waals surface area contributed by atoms with Gasteiger partial charge in [-0.25, -0.2) is 0 Å². The molecule has 0 radical (unpaired) electrons. The van der Waals surface area contributed by atoms with Gasteiger partial charge in [-0.05, 0) is 32.9 Å². The Labute approximate surface area is 89.8 Å². The Morgan fingerprint density at radius 3 is 2.80 bits per heavy atom. The molecule has 0 spiro atoms. The first-order valence-electron chi connectivity index (χ1n) is 5.02. The van der Waals surface area contributed by atoms with Gasteiger partial charge in [0.05, 0.1) is 11.8 Å². The number of furan rings is 1. The molecule has 84 valence electrons. The van der Waals surface area contributed by atoms with Crippen LogP contribution in [0.25, 0.3) is 0 Å². The molecule has 0 saturated carbocycles. The summed E-state index contributed by atoms with van der Waals surface area (Å²) in [4.78, 5) is 11.1. The molecule has 0 aliphatic rings. The number of nitrogens with two attached hydrogens (primary N) is 1. The van der Waals surface area contributed by atoms with E-state index in [1.165, 1.54) is 0 Å². The van der Waals surface area contributed by atoms with E-state index >= 15 is 0 Å². The van der Waals surface area contributed by atoms with Gasteiger partial charge < -0.3 is 15.5 Å². The second-order valence-electron chi connectivity index (χ2n) is 4.32. The first-order chi connectivity index (χ1) is 6.92. The Kier molecular flexibility index (Phi) is 3.52. The van der Waals surface area contributed by atoms with Crippen LogP contribution in [-0.2, 0) is 11.2 Å². The predicted molar refractivity (Wildman–Crippen MR) is 58.3 cm³/mol. The van der Waals surface area contributed by atoms with Crippen molar-refractivity contribution in [3.63, 3.8) is 0 Å². The van der Waals surface area contributed by atoms with Crippen LogP contribution in [0.3, 0.4) is 0 Å². The molecule has 3 N–H and O–H groups in total. The SMILES string of the molecule is CC(Cc1ccco1)NC(C)(C)C(N)=O. The molecule has 0 saturated heterocycles. The third-order valence-electron chi connectivity index (χ3n) is 2.31. The van der Waals surface area contributed by atoms with Crippen LogP contribution in [0.4, 0.5) is 0 Å². The standard InChI is InChI=1S/C11H18N2O2/c1-8(7-9-5-4-6-15-9)13-11(2,3)10(12)14/h4-6,8,13H,7H2,1-3H3,(H2,12,14). The minimum atomic E-state index is -0.688. The summed E-state index contributed by atoms with van der Waals surface area (Å²) >= 11 is 0. The summed E-state index contributed by atoms with van der Waals surface area (Å²) in [5.74, 6) is 0.545. The lowest BCUT2D eigenvalue weighted by atomic mass is 10.0. The Bertz CT molecular complexity index is 317. The van der Waals surface area contributed by atoms with E-state index in [2.05, 4.69) is 5.32 Å². The molecule has 4 heteroatoms. The molecule has 0 bridgehead atoms. The molecule has 0 fully saturated rings. The van der Waals surface area contributed by atoms with Gasteiger partial charge in [-0.15, -0.1) is 0 Å². The van der Waals surface area contributed by atoms with E-state index in [4.69, 9.17) is 10.2 Å². The molecule has 0 aliphatic carbocycles. The van der Waals surface area contributed by atoms with E-state index in [0.717, 1.165) is 12.2 Å². The van der Waals surface area contributed by atoms with Crippen molar-refractivity contribution >= 4 is 5.91 Å². The minimum Gasteiger partial charge on any atom is -0.469 e. The molecule has 1 atom stereocenters. The van der Waals surface area contributed by atoms with Gasteiger partial charge in [0.15, 0.2) is 0 Å². The molecule has 15 heavy (non-hydrogen) atoms. The fourth-order valence-corrected chi connectivity index (χ4v) is 1.47. The van der Waals surface area contributed by atoms with Crippen LogP contribution in [0.1, 0.15) is 26.5 Å². The summed E-state index contributed by atoms with van der Waals surface area (Å²) in [5.41, 5.74) is 4.58. The van der Waals surface area contributed by atoms with E-state index in [1.807, 2.05) is 19.1 Å². The summed E-state index contributed by atoms with van der Waals surface area (Å²) in [6.07, 6.45) is 2.38. The highest BCUT2D eigenvalue weighted by Crippen LogP contribution is 2.08. The van der Waals surface area contributed by atoms with Crippen LogP contribution < -0.4 is 11.1 Å². The highest BCUT2D eigenvalue weighted by atomic mass is 16.3. The number of carbonyl (C=O) groups excluding carboxylic acids is 1. The van der Waals surface area contributed by atoms with E-state index < -0.39 is 5.54 Å². The highest BCUT2D eigenvalue weighted by molar-refractivity contribution is 5.83. The Hall–Kier alpha value is -1.29. The zero-order valence-electron chi connectivity index (χ0n) is 9.41. The number of hydrogen-bond donors (Lipinski definition) is 2. The van der Waals surface area contributed by atoms with Gasteiger partial charge in [-0.3, -0.25) is 4.79 Å². The fourth-order valence-electron chi connectivity index (χ4n) is 1.47. The van der Waals surface area contributed by atoms with Gasteiger partial charge in [0.1, 0.15) is 5.76 Å². The monoisotopic (exact) mass is 210 g/mol. The average molecular weight is 210 g/mol. The lowest BCUT2D eigenvalue weighted by Gasteiger charge is -2.26. The van der Waals surface area contributed by atoms with Crippen molar-refractivity contribution in [1.82, 2.24) is 5.32 Å². The minimum absolute atomic E-state index is 0.138. The van der Waals surface area contributed by atoms with E-state index in [-0.39, 0.29) is 11.9 Å². The van der Waals surface area contributed by atoms with Crippen molar-refractivity contribution in [3.05, 3.63) is 24.2 Å². The van der Waals surface area contributed by atoms with Crippen LogP contribution >= 0.6 is 0 Å². The first kappa shape index (κ1) is 11.8. The van der Waals surface area contributed by atoms with Crippen LogP contribution in [0.2, 0.25) is 0 Å². The molecule has 1 unspecified atom stereocenters. The van der Waals surface area contributed by atoms with Gasteiger partial charge in [-0.1, -0.05) is 0 Å². The second kappa shape index (κ2) is 4.49. The number of rotatable bonds is 5. The van der Waals surface area contributed by atoms with E-state index in [1.54, 1.807) is 20.1 Å². The summed E-state index contributed by atoms with van der Waals surface area (Å²) in [6, 6.07) is 3.90. The zero-order valence-corrected chi connectivity index (χ0v) is 9.41. The molecule has 1 heterocycles. The number of carbonyl (C=O) groups is 1. The van der Waals surface area contributed by atoms with E-state index in [0.29, 0.717) is 0 Å². The van der Waals surface area contributed by atoms with Crippen LogP contribution in [0.5, 0.6) is 0 Å². The first-order valence-corrected chi connectivity index (χ1v) is 5.02. The molecule has 1 aromatic heterocycles. The van der Waals surface area contributed by atoms with Gasteiger partial charge >= 0.3 is 0 Å². The zero-order chi connectivity index (χ0) is 11.5. The third-order valence-corrected chi connectivity index (χ3v) is 2.31. The molecular weight excluding hydrogens is 192 g/mol. The largest absolute Gasteiger partial charge is 0.469 e. The number of primary amides is 1. The molecule has 4 nitrogen and oxygen atoms in total. The summed E-state index contributed by atoms with van der Waals surface area (Å²) < 4.78 is 5.22. The highest BCUT2D eigenvalue weighted by Gasteiger charge is 2.26. The molecule has 1 rings (SSSR count). The Morgan fingerprint density at radius 1 is 1.67 bits per heavy atom. The van der Waals surface area contributed by atoms with Gasteiger partial charge in [-0.2, -0.15) is 0 Å². The summed E-state index contributed by atoms with van der Waals surface area (Å²) in [5, 5.41) is 3.16. The molecular formula is C11H18N2O2. The number of amides is 1. The Morgan fingerprint density at radius 2 is 2.33 bits per heavy atom. The Balaban J connectivity index is 2.49. The molecule has 1 aromatic rings. The van der Waals surface area contributed by atoms with Crippen molar-refractivity contribution in [2.24, 2.45) is 5.73 Å². The van der Waals surface area contributed by atoms with Gasteiger partial charge in [0.25, 0.3) is 0 Å². The average Bonchev–Trinajstić information content (AvgIpc) is 2.54. The fraction of sp³-hybridized carbons (Fsp3) is 0.545. The van der Waals surface area contributed by atoms with Crippen LogP contribution in [0, 0.1) is 0 Å². The van der Waals surface area contributed by atoms with Crippen molar-refractivity contribution in [2.75, 3.05) is 0 Å². The van der Waals surface area contributed by atoms with Crippen LogP contribution in [0.15, 0.2) is 22.8 Å². The van der Waals surface area contributed by atoms with Gasteiger partial charge in [0, 0.05) is 12.5 Å². The smallest absolute Gasteiger partial charge is 0.237 e. The van der Waals surface area contributed by atoms with Gasteiger partial charge in [0.2, 0.25) is 5.91 Å². The lowest BCUT2D eigenvalue weighted by molar-refractivity contribution is -0.123. The second-order valence-corrected chi connectivity index (χ2v) is 4.32. The molecule has 0 aromatic carbocycles. The maximum atomic E-state index is 11.1. The number of nitrogens with one attached hydrogen (secondary N) is 1. The maximum Gasteiger partial charge on any atom is 0.237 e. The summed E-state index contributed by atoms with van der Waals surface area (Å²) in [6.45, 7) is 5.54. The van der Waals surface area contributed by atoms with E-state index in [9.17, 15) is 4.79 Å². The van der Waals surface area contributed by atoms with Crippen molar-refractivity contribution in [3.8, 4) is 0 Å². The quantitative estimate of drug-likeness (QED) is 0.763. The normalized spacial score (nSPS) is 13.8. The topological polar surface area (TPSA) is 68.3 Å².